The minimum atomic E-state index is -0.942. The fourth-order valence-corrected chi connectivity index (χ4v) is 3.60. The molecule has 4 rings (SSSR count). The Labute approximate surface area is 151 Å². The highest BCUT2D eigenvalue weighted by Gasteiger charge is 2.37. The molecule has 1 amide bonds. The Hall–Kier alpha value is -2.28. The molecule has 0 bridgehead atoms. The van der Waals surface area contributed by atoms with Gasteiger partial charge in [0.1, 0.15) is 5.82 Å². The van der Waals surface area contributed by atoms with Crippen molar-refractivity contribution in [1.82, 2.24) is 4.90 Å². The van der Waals surface area contributed by atoms with Gasteiger partial charge in [-0.15, -0.1) is 0 Å². The first kappa shape index (κ1) is 17.1. The van der Waals surface area contributed by atoms with Crippen LogP contribution in [-0.4, -0.2) is 42.9 Å². The lowest BCUT2D eigenvalue weighted by Gasteiger charge is -2.40. The third-order valence-electron chi connectivity index (χ3n) is 4.88. The first-order valence-corrected chi connectivity index (χ1v) is 8.76. The van der Waals surface area contributed by atoms with Crippen molar-refractivity contribution in [2.75, 3.05) is 19.8 Å². The van der Waals surface area contributed by atoms with E-state index in [0.717, 1.165) is 17.5 Å². The minimum absolute atomic E-state index is 0.214. The second-order valence-electron chi connectivity index (χ2n) is 6.69. The number of halogens is 1. The standard InChI is InChI=1S/C20H21FN2O3/c21-15-7-5-14(6-8-15)18-17-4-2-1-3-13(17)9-10-23(18)19(24)20-25-11-16(22)12-26-20/h1-8,16,18,20H,9-12,22H2/t16?,18-,20?/m0/s1. The zero-order valence-electron chi connectivity index (χ0n) is 14.3. The molecule has 2 N–H and O–H groups in total. The molecule has 0 aromatic heterocycles. The van der Waals surface area contributed by atoms with Crippen LogP contribution in [0.4, 0.5) is 4.39 Å². The van der Waals surface area contributed by atoms with Gasteiger partial charge in [-0.2, -0.15) is 0 Å². The van der Waals surface area contributed by atoms with Gasteiger partial charge in [0.2, 0.25) is 6.29 Å². The summed E-state index contributed by atoms with van der Waals surface area (Å²) in [5.74, 6) is -0.524. The normalized spacial score (nSPS) is 25.6. The third kappa shape index (κ3) is 3.23. The minimum Gasteiger partial charge on any atom is -0.343 e. The Bertz CT molecular complexity index is 788. The third-order valence-corrected chi connectivity index (χ3v) is 4.88. The molecule has 0 unspecified atom stereocenters. The van der Waals surface area contributed by atoms with E-state index < -0.39 is 6.29 Å². The van der Waals surface area contributed by atoms with Crippen LogP contribution in [-0.2, 0) is 20.7 Å². The predicted molar refractivity (Wildman–Crippen MR) is 93.8 cm³/mol. The van der Waals surface area contributed by atoms with Crippen molar-refractivity contribution in [3.8, 4) is 0 Å². The smallest absolute Gasteiger partial charge is 0.280 e. The molecule has 1 atom stereocenters. The Morgan fingerprint density at radius 2 is 1.77 bits per heavy atom. The number of fused-ring (bicyclic) bond motifs is 1. The second-order valence-corrected chi connectivity index (χ2v) is 6.69. The first-order chi connectivity index (χ1) is 12.6. The van der Waals surface area contributed by atoms with Crippen molar-refractivity contribution in [2.45, 2.75) is 24.8 Å². The highest BCUT2D eigenvalue weighted by Crippen LogP contribution is 2.36. The summed E-state index contributed by atoms with van der Waals surface area (Å²) in [6.45, 7) is 1.14. The molecular weight excluding hydrogens is 335 g/mol. The summed E-state index contributed by atoms with van der Waals surface area (Å²) in [5.41, 5.74) is 8.86. The maximum Gasteiger partial charge on any atom is 0.280 e. The monoisotopic (exact) mass is 356 g/mol. The molecule has 5 nitrogen and oxygen atoms in total. The average Bonchev–Trinajstić information content (AvgIpc) is 2.68. The molecule has 136 valence electrons. The number of hydrogen-bond acceptors (Lipinski definition) is 4. The highest BCUT2D eigenvalue weighted by atomic mass is 19.1. The van der Waals surface area contributed by atoms with Crippen molar-refractivity contribution >= 4 is 5.91 Å². The quantitative estimate of drug-likeness (QED) is 0.894. The summed E-state index contributed by atoms with van der Waals surface area (Å²) in [7, 11) is 0. The zero-order valence-corrected chi connectivity index (χ0v) is 14.3. The molecule has 2 aliphatic rings. The van der Waals surface area contributed by atoms with Gasteiger partial charge in [-0.05, 0) is 35.2 Å². The van der Waals surface area contributed by atoms with Crippen LogP contribution >= 0.6 is 0 Å². The van der Waals surface area contributed by atoms with Crippen molar-refractivity contribution < 1.29 is 18.7 Å². The maximum absolute atomic E-state index is 13.4. The molecule has 2 aromatic rings. The van der Waals surface area contributed by atoms with Gasteiger partial charge in [-0.1, -0.05) is 36.4 Å². The van der Waals surface area contributed by atoms with Crippen LogP contribution in [0.5, 0.6) is 0 Å². The lowest BCUT2D eigenvalue weighted by molar-refractivity contribution is -0.204. The van der Waals surface area contributed by atoms with Crippen molar-refractivity contribution in [3.05, 3.63) is 71.0 Å². The van der Waals surface area contributed by atoms with E-state index in [1.807, 2.05) is 18.2 Å². The Morgan fingerprint density at radius 3 is 2.50 bits per heavy atom. The van der Waals surface area contributed by atoms with Crippen LogP contribution in [0.25, 0.3) is 0 Å². The van der Waals surface area contributed by atoms with Crippen LogP contribution in [0, 0.1) is 5.82 Å². The predicted octanol–water partition coefficient (Wildman–Crippen LogP) is 2.00. The van der Waals surface area contributed by atoms with Crippen LogP contribution in [0.3, 0.4) is 0 Å². The Morgan fingerprint density at radius 1 is 1.08 bits per heavy atom. The van der Waals surface area contributed by atoms with E-state index in [9.17, 15) is 9.18 Å². The number of ether oxygens (including phenoxy) is 2. The van der Waals surface area contributed by atoms with Gasteiger partial charge in [0.15, 0.2) is 0 Å². The van der Waals surface area contributed by atoms with E-state index in [4.69, 9.17) is 15.2 Å². The topological polar surface area (TPSA) is 64.8 Å². The molecule has 26 heavy (non-hydrogen) atoms. The molecule has 2 heterocycles. The van der Waals surface area contributed by atoms with Crippen molar-refractivity contribution in [1.29, 1.82) is 0 Å². The lowest BCUT2D eigenvalue weighted by atomic mass is 9.88. The van der Waals surface area contributed by atoms with E-state index in [2.05, 4.69) is 6.07 Å². The van der Waals surface area contributed by atoms with Gasteiger partial charge in [-0.3, -0.25) is 4.79 Å². The molecule has 2 aromatic carbocycles. The SMILES string of the molecule is NC1COC(C(=O)N2CCc3ccccc3[C@@H]2c2ccc(F)cc2)OC1. The number of nitrogens with zero attached hydrogens (tertiary/aromatic N) is 1. The summed E-state index contributed by atoms with van der Waals surface area (Å²) in [5, 5.41) is 0. The van der Waals surface area contributed by atoms with Crippen molar-refractivity contribution in [2.24, 2.45) is 5.73 Å². The van der Waals surface area contributed by atoms with E-state index in [1.165, 1.54) is 17.7 Å². The molecular formula is C20H21FN2O3. The van der Waals surface area contributed by atoms with Crippen LogP contribution in [0.2, 0.25) is 0 Å². The summed E-state index contributed by atoms with van der Waals surface area (Å²) in [6, 6.07) is 13.8. The molecule has 0 aliphatic carbocycles. The molecule has 0 saturated carbocycles. The van der Waals surface area contributed by atoms with Gasteiger partial charge >= 0.3 is 0 Å². The molecule has 0 radical (unpaired) electrons. The average molecular weight is 356 g/mol. The van der Waals surface area contributed by atoms with E-state index in [0.29, 0.717) is 19.8 Å². The fourth-order valence-electron chi connectivity index (χ4n) is 3.60. The summed E-state index contributed by atoms with van der Waals surface area (Å²) < 4.78 is 24.4. The van der Waals surface area contributed by atoms with Gasteiger partial charge in [-0.25, -0.2) is 4.39 Å². The number of amides is 1. The van der Waals surface area contributed by atoms with Gasteiger partial charge in [0.25, 0.3) is 5.91 Å². The van der Waals surface area contributed by atoms with E-state index in [1.54, 1.807) is 17.0 Å². The van der Waals surface area contributed by atoms with E-state index >= 15 is 0 Å². The summed E-state index contributed by atoms with van der Waals surface area (Å²) in [6.07, 6.45) is -0.186. The fraction of sp³-hybridized carbons (Fsp3) is 0.350. The molecule has 1 saturated heterocycles. The number of benzene rings is 2. The maximum atomic E-state index is 13.4. The summed E-state index contributed by atoms with van der Waals surface area (Å²) in [4.78, 5) is 14.8. The molecule has 2 aliphatic heterocycles. The zero-order chi connectivity index (χ0) is 18.1. The number of nitrogens with two attached hydrogens (primary N) is 1. The van der Waals surface area contributed by atoms with Crippen molar-refractivity contribution in [3.63, 3.8) is 0 Å². The molecule has 6 heteroatoms. The van der Waals surface area contributed by atoms with Gasteiger partial charge < -0.3 is 20.1 Å². The number of carbonyl (C=O) groups is 1. The number of rotatable bonds is 2. The Balaban J connectivity index is 1.68. The Kier molecular flexibility index (Phi) is 4.72. The lowest BCUT2D eigenvalue weighted by Crippen LogP contribution is -2.51. The van der Waals surface area contributed by atoms with Crippen LogP contribution in [0.15, 0.2) is 48.5 Å². The first-order valence-electron chi connectivity index (χ1n) is 8.76. The van der Waals surface area contributed by atoms with E-state index in [-0.39, 0.29) is 23.8 Å². The van der Waals surface area contributed by atoms with Gasteiger partial charge in [0.05, 0.1) is 25.3 Å². The van der Waals surface area contributed by atoms with Crippen LogP contribution < -0.4 is 5.73 Å². The number of hydrogen-bond donors (Lipinski definition) is 1. The largest absolute Gasteiger partial charge is 0.343 e. The number of carbonyl (C=O) groups excluding carboxylic acids is 1. The van der Waals surface area contributed by atoms with Crippen LogP contribution in [0.1, 0.15) is 22.7 Å². The molecule has 1 fully saturated rings. The molecule has 0 spiro atoms. The highest BCUT2D eigenvalue weighted by molar-refractivity contribution is 5.81. The van der Waals surface area contributed by atoms with Gasteiger partial charge in [0, 0.05) is 6.54 Å². The summed E-state index contributed by atoms with van der Waals surface area (Å²) >= 11 is 0. The second kappa shape index (κ2) is 7.15.